The summed E-state index contributed by atoms with van der Waals surface area (Å²) in [6.45, 7) is 3.56. The van der Waals surface area contributed by atoms with Crippen LogP contribution in [0.5, 0.6) is 0 Å². The SMILES string of the molecule is CCCCC1OCc2ccccc2CO1. The zero-order chi connectivity index (χ0) is 10.5. The maximum atomic E-state index is 5.71. The van der Waals surface area contributed by atoms with Crippen molar-refractivity contribution in [3.8, 4) is 0 Å². The average molecular weight is 206 g/mol. The topological polar surface area (TPSA) is 18.5 Å². The first-order valence-electron chi connectivity index (χ1n) is 5.70. The van der Waals surface area contributed by atoms with Crippen LogP contribution >= 0.6 is 0 Å². The molecule has 15 heavy (non-hydrogen) atoms. The van der Waals surface area contributed by atoms with Gasteiger partial charge in [0.2, 0.25) is 0 Å². The molecule has 0 saturated carbocycles. The lowest BCUT2D eigenvalue weighted by Crippen LogP contribution is -2.14. The van der Waals surface area contributed by atoms with E-state index in [2.05, 4.69) is 31.2 Å². The van der Waals surface area contributed by atoms with Crippen LogP contribution < -0.4 is 0 Å². The van der Waals surface area contributed by atoms with Gasteiger partial charge in [0.25, 0.3) is 0 Å². The summed E-state index contributed by atoms with van der Waals surface area (Å²) < 4.78 is 11.4. The highest BCUT2D eigenvalue weighted by Gasteiger charge is 2.15. The Hall–Kier alpha value is -0.860. The highest BCUT2D eigenvalue weighted by molar-refractivity contribution is 5.26. The highest BCUT2D eigenvalue weighted by atomic mass is 16.7. The zero-order valence-electron chi connectivity index (χ0n) is 9.24. The molecule has 0 amide bonds. The molecule has 2 nitrogen and oxygen atoms in total. The van der Waals surface area contributed by atoms with Gasteiger partial charge in [0.05, 0.1) is 13.2 Å². The van der Waals surface area contributed by atoms with E-state index in [1.807, 2.05) is 0 Å². The lowest BCUT2D eigenvalue weighted by atomic mass is 10.1. The average Bonchev–Trinajstić information content (AvgIpc) is 2.49. The third-order valence-electron chi connectivity index (χ3n) is 2.76. The molecule has 0 aliphatic carbocycles. The Morgan fingerprint density at radius 3 is 2.27 bits per heavy atom. The second-order valence-corrected chi connectivity index (χ2v) is 3.96. The Kier molecular flexibility index (Phi) is 3.75. The summed E-state index contributed by atoms with van der Waals surface area (Å²) in [6.07, 6.45) is 3.35. The number of ether oxygens (including phenoxy) is 2. The predicted molar refractivity (Wildman–Crippen MR) is 59.3 cm³/mol. The van der Waals surface area contributed by atoms with Crippen molar-refractivity contribution >= 4 is 0 Å². The third kappa shape index (κ3) is 2.80. The monoisotopic (exact) mass is 206 g/mol. The summed E-state index contributed by atoms with van der Waals surface area (Å²) in [5.41, 5.74) is 2.52. The van der Waals surface area contributed by atoms with Crippen molar-refractivity contribution in [3.63, 3.8) is 0 Å². The van der Waals surface area contributed by atoms with Gasteiger partial charge in [0.15, 0.2) is 6.29 Å². The molecular weight excluding hydrogens is 188 g/mol. The molecular formula is C13H18O2. The molecule has 0 N–H and O–H groups in total. The lowest BCUT2D eigenvalue weighted by Gasteiger charge is -2.14. The number of hydrogen-bond donors (Lipinski definition) is 0. The van der Waals surface area contributed by atoms with Gasteiger partial charge >= 0.3 is 0 Å². The molecule has 0 bridgehead atoms. The van der Waals surface area contributed by atoms with Gasteiger partial charge in [-0.25, -0.2) is 0 Å². The van der Waals surface area contributed by atoms with E-state index in [1.54, 1.807) is 0 Å². The fourth-order valence-electron chi connectivity index (χ4n) is 1.79. The molecule has 0 saturated heterocycles. The Bertz CT molecular complexity index is 282. The van der Waals surface area contributed by atoms with E-state index in [9.17, 15) is 0 Å². The second-order valence-electron chi connectivity index (χ2n) is 3.96. The van der Waals surface area contributed by atoms with Gasteiger partial charge in [0, 0.05) is 0 Å². The summed E-state index contributed by atoms with van der Waals surface area (Å²) in [5.74, 6) is 0. The number of benzene rings is 1. The lowest BCUT2D eigenvalue weighted by molar-refractivity contribution is -0.152. The maximum absolute atomic E-state index is 5.71. The van der Waals surface area contributed by atoms with Crippen LogP contribution in [0.2, 0.25) is 0 Å². The molecule has 0 spiro atoms. The molecule has 0 aromatic heterocycles. The quantitative estimate of drug-likeness (QED) is 0.755. The van der Waals surface area contributed by atoms with Gasteiger partial charge in [-0.2, -0.15) is 0 Å². The highest BCUT2D eigenvalue weighted by Crippen LogP contribution is 2.20. The van der Waals surface area contributed by atoms with Gasteiger partial charge in [0.1, 0.15) is 0 Å². The summed E-state index contributed by atoms with van der Waals surface area (Å²) >= 11 is 0. The first kappa shape index (κ1) is 10.7. The van der Waals surface area contributed by atoms with Gasteiger partial charge in [-0.3, -0.25) is 0 Å². The van der Waals surface area contributed by atoms with Crippen LogP contribution in [0.15, 0.2) is 24.3 Å². The minimum Gasteiger partial charge on any atom is -0.348 e. The van der Waals surface area contributed by atoms with E-state index in [0.717, 1.165) is 6.42 Å². The normalized spacial score (nSPS) is 17.1. The molecule has 82 valence electrons. The van der Waals surface area contributed by atoms with Crippen LogP contribution in [0.1, 0.15) is 37.3 Å². The summed E-state index contributed by atoms with van der Waals surface area (Å²) in [5, 5.41) is 0. The van der Waals surface area contributed by atoms with Crippen LogP contribution in [0.25, 0.3) is 0 Å². The Labute approximate surface area is 91.2 Å². The van der Waals surface area contributed by atoms with Gasteiger partial charge in [-0.1, -0.05) is 37.6 Å². The van der Waals surface area contributed by atoms with Gasteiger partial charge in [-0.05, 0) is 24.0 Å². The molecule has 1 aromatic carbocycles. The van der Waals surface area contributed by atoms with Crippen LogP contribution in [0, 0.1) is 0 Å². The summed E-state index contributed by atoms with van der Waals surface area (Å²) in [7, 11) is 0. The van der Waals surface area contributed by atoms with Gasteiger partial charge in [-0.15, -0.1) is 0 Å². The van der Waals surface area contributed by atoms with Crippen molar-refractivity contribution in [2.24, 2.45) is 0 Å². The molecule has 0 fully saturated rings. The van der Waals surface area contributed by atoms with Crippen molar-refractivity contribution in [2.45, 2.75) is 45.7 Å². The van der Waals surface area contributed by atoms with Crippen molar-refractivity contribution in [1.29, 1.82) is 0 Å². The first-order chi connectivity index (χ1) is 7.40. The molecule has 1 heterocycles. The predicted octanol–water partition coefficient (Wildman–Crippen LogP) is 3.25. The number of fused-ring (bicyclic) bond motifs is 1. The minimum atomic E-state index is -0.0163. The van der Waals surface area contributed by atoms with E-state index in [1.165, 1.54) is 24.0 Å². The third-order valence-corrected chi connectivity index (χ3v) is 2.76. The van der Waals surface area contributed by atoms with Crippen LogP contribution in [-0.4, -0.2) is 6.29 Å². The molecule has 0 atom stereocenters. The zero-order valence-corrected chi connectivity index (χ0v) is 9.24. The van der Waals surface area contributed by atoms with E-state index in [-0.39, 0.29) is 6.29 Å². The van der Waals surface area contributed by atoms with E-state index < -0.39 is 0 Å². The smallest absolute Gasteiger partial charge is 0.158 e. The Morgan fingerprint density at radius 1 is 1.13 bits per heavy atom. The minimum absolute atomic E-state index is 0.0163. The number of hydrogen-bond acceptors (Lipinski definition) is 2. The molecule has 2 rings (SSSR count). The van der Waals surface area contributed by atoms with Crippen molar-refractivity contribution in [2.75, 3.05) is 0 Å². The van der Waals surface area contributed by atoms with Crippen molar-refractivity contribution < 1.29 is 9.47 Å². The summed E-state index contributed by atoms with van der Waals surface area (Å²) in [4.78, 5) is 0. The Morgan fingerprint density at radius 2 is 1.73 bits per heavy atom. The number of rotatable bonds is 3. The summed E-state index contributed by atoms with van der Waals surface area (Å²) in [6, 6.07) is 8.32. The molecule has 1 aromatic rings. The second kappa shape index (κ2) is 5.29. The van der Waals surface area contributed by atoms with Crippen LogP contribution in [0.4, 0.5) is 0 Å². The largest absolute Gasteiger partial charge is 0.348 e. The number of unbranched alkanes of at least 4 members (excludes halogenated alkanes) is 1. The molecule has 0 radical (unpaired) electrons. The van der Waals surface area contributed by atoms with E-state index in [4.69, 9.17) is 9.47 Å². The molecule has 2 heteroatoms. The standard InChI is InChI=1S/C13H18O2/c1-2-3-8-13-14-9-11-6-4-5-7-12(11)10-15-13/h4-7,13H,2-3,8-10H2,1H3. The van der Waals surface area contributed by atoms with E-state index in [0.29, 0.717) is 13.2 Å². The maximum Gasteiger partial charge on any atom is 0.158 e. The fraction of sp³-hybridized carbons (Fsp3) is 0.538. The first-order valence-corrected chi connectivity index (χ1v) is 5.70. The fourth-order valence-corrected chi connectivity index (χ4v) is 1.79. The molecule has 1 aliphatic rings. The van der Waals surface area contributed by atoms with Crippen LogP contribution in [0.3, 0.4) is 0 Å². The van der Waals surface area contributed by atoms with Crippen LogP contribution in [-0.2, 0) is 22.7 Å². The van der Waals surface area contributed by atoms with Crippen molar-refractivity contribution in [1.82, 2.24) is 0 Å². The van der Waals surface area contributed by atoms with Gasteiger partial charge < -0.3 is 9.47 Å². The Balaban J connectivity index is 1.96. The van der Waals surface area contributed by atoms with Crippen molar-refractivity contribution in [3.05, 3.63) is 35.4 Å². The molecule has 0 unspecified atom stereocenters. The molecule has 1 aliphatic heterocycles. The van der Waals surface area contributed by atoms with E-state index >= 15 is 0 Å².